The van der Waals surface area contributed by atoms with Gasteiger partial charge in [0.15, 0.2) is 0 Å². The zero-order valence-corrected chi connectivity index (χ0v) is 18.8. The Labute approximate surface area is 184 Å². The molecular weight excluding hydrogens is 414 g/mol. The zero-order valence-electron chi connectivity index (χ0n) is 18.0. The molecule has 7 nitrogen and oxygen atoms in total. The lowest BCUT2D eigenvalue weighted by atomic mass is 9.96. The summed E-state index contributed by atoms with van der Waals surface area (Å²) in [4.78, 5) is 26.5. The molecule has 2 amide bonds. The average Bonchev–Trinajstić information content (AvgIpc) is 2.79. The molecule has 0 bridgehead atoms. The second kappa shape index (κ2) is 10.1. The number of hydrogen-bond donors (Lipinski definition) is 1. The van der Waals surface area contributed by atoms with E-state index < -0.39 is 10.0 Å². The Morgan fingerprint density at radius 2 is 1.77 bits per heavy atom. The Morgan fingerprint density at radius 1 is 1.10 bits per heavy atom. The first kappa shape index (κ1) is 23.0. The third-order valence-electron chi connectivity index (χ3n) is 5.53. The first-order valence-corrected chi connectivity index (χ1v) is 11.9. The van der Waals surface area contributed by atoms with Gasteiger partial charge in [-0.25, -0.2) is 8.42 Å². The van der Waals surface area contributed by atoms with Crippen LogP contribution in [0.3, 0.4) is 0 Å². The van der Waals surface area contributed by atoms with Gasteiger partial charge in [0.2, 0.25) is 21.8 Å². The van der Waals surface area contributed by atoms with Crippen LogP contribution in [0.2, 0.25) is 0 Å². The van der Waals surface area contributed by atoms with Gasteiger partial charge < -0.3 is 10.2 Å². The highest BCUT2D eigenvalue weighted by atomic mass is 32.2. The second-order valence-corrected chi connectivity index (χ2v) is 9.84. The molecule has 1 aliphatic heterocycles. The monoisotopic (exact) mass is 443 g/mol. The number of piperidine rings is 1. The van der Waals surface area contributed by atoms with Crippen molar-refractivity contribution in [1.29, 1.82) is 0 Å². The van der Waals surface area contributed by atoms with Gasteiger partial charge >= 0.3 is 0 Å². The van der Waals surface area contributed by atoms with Crippen molar-refractivity contribution in [2.24, 2.45) is 5.92 Å². The number of carbonyl (C=O) groups excluding carboxylic acids is 2. The van der Waals surface area contributed by atoms with Crippen LogP contribution in [0.25, 0.3) is 0 Å². The SMILES string of the molecule is CCC(=O)N1CCCC(C(=O)Nc2ccc(S(=O)(=O)N(C)Cc3ccccc3)cc2)C1. The number of sulfonamides is 1. The van der Waals surface area contributed by atoms with Gasteiger partial charge in [-0.1, -0.05) is 37.3 Å². The molecule has 0 spiro atoms. The molecule has 3 rings (SSSR count). The van der Waals surface area contributed by atoms with E-state index >= 15 is 0 Å². The van der Waals surface area contributed by atoms with Gasteiger partial charge in [0, 0.05) is 38.8 Å². The Morgan fingerprint density at radius 3 is 2.42 bits per heavy atom. The molecule has 2 aromatic carbocycles. The highest BCUT2D eigenvalue weighted by Crippen LogP contribution is 2.22. The quantitative estimate of drug-likeness (QED) is 0.712. The second-order valence-electron chi connectivity index (χ2n) is 7.79. The molecule has 1 heterocycles. The van der Waals surface area contributed by atoms with E-state index in [-0.39, 0.29) is 29.2 Å². The summed E-state index contributed by atoms with van der Waals surface area (Å²) in [5, 5.41) is 2.85. The van der Waals surface area contributed by atoms with Gasteiger partial charge in [0.25, 0.3) is 0 Å². The number of anilines is 1. The molecule has 1 atom stereocenters. The third kappa shape index (κ3) is 5.71. The van der Waals surface area contributed by atoms with Gasteiger partial charge in [-0.2, -0.15) is 4.31 Å². The van der Waals surface area contributed by atoms with E-state index in [0.717, 1.165) is 18.4 Å². The maximum absolute atomic E-state index is 12.8. The van der Waals surface area contributed by atoms with Crippen LogP contribution >= 0.6 is 0 Å². The molecule has 8 heteroatoms. The molecule has 1 saturated heterocycles. The number of hydrogen-bond acceptors (Lipinski definition) is 4. The van der Waals surface area contributed by atoms with E-state index in [0.29, 0.717) is 25.2 Å². The molecule has 0 aliphatic carbocycles. The van der Waals surface area contributed by atoms with Crippen LogP contribution in [0.5, 0.6) is 0 Å². The molecule has 166 valence electrons. The number of rotatable bonds is 7. The van der Waals surface area contributed by atoms with Crippen molar-refractivity contribution < 1.29 is 18.0 Å². The van der Waals surface area contributed by atoms with Gasteiger partial charge in [0.1, 0.15) is 0 Å². The fraction of sp³-hybridized carbons (Fsp3) is 0.391. The number of nitrogens with zero attached hydrogens (tertiary/aromatic N) is 2. The standard InChI is InChI=1S/C23H29N3O4S/c1-3-22(27)26-15-7-10-19(17-26)23(28)24-20-11-13-21(14-12-20)31(29,30)25(2)16-18-8-5-4-6-9-18/h4-6,8-9,11-14,19H,3,7,10,15-17H2,1-2H3,(H,24,28). The normalized spacial score (nSPS) is 16.9. The van der Waals surface area contributed by atoms with Crippen molar-refractivity contribution in [3.8, 4) is 0 Å². The van der Waals surface area contributed by atoms with Crippen molar-refractivity contribution in [3.63, 3.8) is 0 Å². The van der Waals surface area contributed by atoms with Crippen molar-refractivity contribution in [1.82, 2.24) is 9.21 Å². The maximum atomic E-state index is 12.8. The van der Waals surface area contributed by atoms with E-state index in [2.05, 4.69) is 5.32 Å². The molecule has 31 heavy (non-hydrogen) atoms. The predicted octanol–water partition coefficient (Wildman–Crippen LogP) is 3.09. The van der Waals surface area contributed by atoms with Crippen LogP contribution in [0, 0.1) is 5.92 Å². The molecule has 1 unspecified atom stereocenters. The van der Waals surface area contributed by atoms with Gasteiger partial charge in [-0.15, -0.1) is 0 Å². The predicted molar refractivity (Wildman–Crippen MR) is 120 cm³/mol. The summed E-state index contributed by atoms with van der Waals surface area (Å²) >= 11 is 0. The Balaban J connectivity index is 1.63. The van der Waals surface area contributed by atoms with Crippen molar-refractivity contribution in [3.05, 3.63) is 60.2 Å². The molecule has 1 fully saturated rings. The van der Waals surface area contributed by atoms with Crippen molar-refractivity contribution in [2.45, 2.75) is 37.6 Å². The number of likely N-dealkylation sites (tertiary alicyclic amines) is 1. The van der Waals surface area contributed by atoms with E-state index in [9.17, 15) is 18.0 Å². The summed E-state index contributed by atoms with van der Waals surface area (Å²) in [6.45, 7) is 3.21. The van der Waals surface area contributed by atoms with Crippen LogP contribution < -0.4 is 5.32 Å². The van der Waals surface area contributed by atoms with Crippen LogP contribution in [-0.2, 0) is 26.2 Å². The molecule has 1 aliphatic rings. The topological polar surface area (TPSA) is 86.8 Å². The van der Waals surface area contributed by atoms with Crippen LogP contribution in [0.4, 0.5) is 5.69 Å². The number of amides is 2. The van der Waals surface area contributed by atoms with E-state index in [1.165, 1.54) is 16.4 Å². The minimum atomic E-state index is -3.65. The summed E-state index contributed by atoms with van der Waals surface area (Å²) in [6, 6.07) is 15.6. The Hall–Kier alpha value is -2.71. The van der Waals surface area contributed by atoms with E-state index in [1.54, 1.807) is 24.1 Å². The highest BCUT2D eigenvalue weighted by molar-refractivity contribution is 7.89. The largest absolute Gasteiger partial charge is 0.342 e. The van der Waals surface area contributed by atoms with Gasteiger partial charge in [-0.3, -0.25) is 9.59 Å². The maximum Gasteiger partial charge on any atom is 0.243 e. The number of benzene rings is 2. The Kier molecular flexibility index (Phi) is 7.46. The first-order chi connectivity index (χ1) is 14.8. The third-order valence-corrected chi connectivity index (χ3v) is 7.34. The highest BCUT2D eigenvalue weighted by Gasteiger charge is 2.28. The summed E-state index contributed by atoms with van der Waals surface area (Å²) in [5.74, 6) is -0.346. The van der Waals surface area contributed by atoms with Crippen molar-refractivity contribution in [2.75, 3.05) is 25.5 Å². The summed E-state index contributed by atoms with van der Waals surface area (Å²) in [6.07, 6.45) is 1.97. The lowest BCUT2D eigenvalue weighted by molar-refractivity contribution is -0.134. The molecular formula is C23H29N3O4S. The first-order valence-electron chi connectivity index (χ1n) is 10.5. The molecule has 0 radical (unpaired) electrons. The van der Waals surface area contributed by atoms with Crippen LogP contribution in [0.15, 0.2) is 59.5 Å². The van der Waals surface area contributed by atoms with Gasteiger partial charge in [-0.05, 0) is 42.7 Å². The summed E-state index contributed by atoms with van der Waals surface area (Å²) in [7, 11) is -2.10. The zero-order chi connectivity index (χ0) is 22.4. The number of nitrogens with one attached hydrogen (secondary N) is 1. The van der Waals surface area contributed by atoms with Gasteiger partial charge in [0.05, 0.1) is 10.8 Å². The fourth-order valence-corrected chi connectivity index (χ4v) is 4.86. The van der Waals surface area contributed by atoms with E-state index in [4.69, 9.17) is 0 Å². The minimum absolute atomic E-state index is 0.0617. The fourth-order valence-electron chi connectivity index (χ4n) is 3.70. The molecule has 2 aromatic rings. The van der Waals surface area contributed by atoms with Crippen LogP contribution in [0.1, 0.15) is 31.7 Å². The lowest BCUT2D eigenvalue weighted by Crippen LogP contribution is -2.43. The molecule has 1 N–H and O–H groups in total. The van der Waals surface area contributed by atoms with Crippen molar-refractivity contribution >= 4 is 27.5 Å². The smallest absolute Gasteiger partial charge is 0.243 e. The molecule has 0 aromatic heterocycles. The summed E-state index contributed by atoms with van der Waals surface area (Å²) < 4.78 is 27.0. The minimum Gasteiger partial charge on any atom is -0.342 e. The number of carbonyl (C=O) groups is 2. The summed E-state index contributed by atoms with van der Waals surface area (Å²) in [5.41, 5.74) is 1.44. The molecule has 0 saturated carbocycles. The van der Waals surface area contributed by atoms with E-state index in [1.807, 2.05) is 37.3 Å². The lowest BCUT2D eigenvalue weighted by Gasteiger charge is -2.31. The Bertz CT molecular complexity index is 1010. The average molecular weight is 444 g/mol. The van der Waals surface area contributed by atoms with Crippen LogP contribution in [-0.4, -0.2) is 49.6 Å².